The maximum atomic E-state index is 12.6. The van der Waals surface area contributed by atoms with Crippen molar-refractivity contribution >= 4 is 24.5 Å². The van der Waals surface area contributed by atoms with Gasteiger partial charge in [0.15, 0.2) is 23.2 Å². The summed E-state index contributed by atoms with van der Waals surface area (Å²) < 4.78 is 29.7. The van der Waals surface area contributed by atoms with Crippen LogP contribution >= 0.6 is 0 Å². The molecule has 3 aromatic rings. The predicted octanol–water partition coefficient (Wildman–Crippen LogP) is 3.91. The second-order valence-corrected chi connectivity index (χ2v) is 4.81. The molecule has 2 aromatic carbocycles. The van der Waals surface area contributed by atoms with Crippen LogP contribution in [0.5, 0.6) is 5.75 Å². The van der Waals surface area contributed by atoms with Crippen LogP contribution in [0.4, 0.5) is 8.78 Å². The summed E-state index contributed by atoms with van der Waals surface area (Å²) in [5.41, 5.74) is 1.40. The van der Waals surface area contributed by atoms with E-state index in [1.54, 1.807) is 6.07 Å². The smallest absolute Gasteiger partial charge is 0.189 e. The van der Waals surface area contributed by atoms with Gasteiger partial charge in [-0.1, -0.05) is 30.3 Å². The fraction of sp³-hybridized carbons (Fsp3) is 0.111. The number of ketones is 1. The van der Waals surface area contributed by atoms with E-state index in [1.807, 2.05) is 30.3 Å². The maximum absolute atomic E-state index is 12.6. The van der Waals surface area contributed by atoms with Gasteiger partial charge in [-0.15, -0.1) is 0 Å². The summed E-state index contributed by atoms with van der Waals surface area (Å²) in [7, 11) is 4.94. The Hall–Kier alpha value is -2.76. The Bertz CT molecular complexity index is 835. The van der Waals surface area contributed by atoms with Crippen LogP contribution in [0.3, 0.4) is 0 Å². The van der Waals surface area contributed by atoms with Crippen LogP contribution in [0.25, 0.3) is 10.9 Å². The van der Waals surface area contributed by atoms with E-state index < -0.39 is 17.4 Å². The lowest BCUT2D eigenvalue weighted by Gasteiger charge is -2.04. The van der Waals surface area contributed by atoms with Crippen LogP contribution in [0.2, 0.25) is 0 Å². The first-order valence-electron chi connectivity index (χ1n) is 7.16. The molecule has 0 spiro atoms. The number of aromatic nitrogens is 1. The summed E-state index contributed by atoms with van der Waals surface area (Å²) in [6.45, 7) is 1.29. The highest BCUT2D eigenvalue weighted by Gasteiger charge is 2.07. The van der Waals surface area contributed by atoms with Gasteiger partial charge in [0.1, 0.15) is 13.5 Å². The lowest BCUT2D eigenvalue weighted by atomic mass is 10.2. The largest absolute Gasteiger partial charge is 0.498 e. The summed E-state index contributed by atoms with van der Waals surface area (Å²) in [6.07, 6.45) is 0. The van der Waals surface area contributed by atoms with Gasteiger partial charge in [-0.3, -0.25) is 4.79 Å². The van der Waals surface area contributed by atoms with Gasteiger partial charge < -0.3 is 4.74 Å². The van der Waals surface area contributed by atoms with Gasteiger partial charge in [-0.05, 0) is 24.3 Å². The van der Waals surface area contributed by atoms with Crippen LogP contribution < -0.4 is 4.74 Å². The van der Waals surface area contributed by atoms with Gasteiger partial charge in [0.05, 0.1) is 5.52 Å². The first-order chi connectivity index (χ1) is 11.5. The Kier molecular flexibility index (Phi) is 6.01. The molecular weight excluding hydrogens is 311 g/mol. The SMILES string of the molecule is CC(=O)c1ccc2ccccc2n1.[B]COc1c(F)cccc1F. The van der Waals surface area contributed by atoms with E-state index in [0.29, 0.717) is 5.69 Å². The molecule has 24 heavy (non-hydrogen) atoms. The minimum absolute atomic E-state index is 0.00533. The number of para-hydroxylation sites is 2. The molecule has 0 atom stereocenters. The molecular formula is C18H14BF2NO2. The van der Waals surface area contributed by atoms with Crippen molar-refractivity contribution in [2.24, 2.45) is 0 Å². The number of ether oxygens (including phenoxy) is 1. The van der Waals surface area contributed by atoms with E-state index >= 15 is 0 Å². The maximum Gasteiger partial charge on any atom is 0.189 e. The van der Waals surface area contributed by atoms with Crippen LogP contribution in [-0.2, 0) is 0 Å². The molecule has 0 saturated heterocycles. The zero-order valence-corrected chi connectivity index (χ0v) is 13.0. The lowest BCUT2D eigenvalue weighted by Crippen LogP contribution is -2.00. The van der Waals surface area contributed by atoms with Crippen LogP contribution in [0, 0.1) is 11.6 Å². The molecule has 0 aliphatic rings. The standard InChI is InChI=1S/C11H9NO.C7H5BF2O/c1-8(13)10-7-6-9-4-2-3-5-11(9)12-10;8-4-11-7-5(9)2-1-3-6(7)10/h2-7H,1H3;1-3H,4H2. The molecule has 0 bridgehead atoms. The third kappa shape index (κ3) is 4.38. The number of pyridine rings is 1. The minimum atomic E-state index is -0.740. The highest BCUT2D eigenvalue weighted by Crippen LogP contribution is 2.20. The number of rotatable bonds is 3. The number of fused-ring (bicyclic) bond motifs is 1. The molecule has 0 amide bonds. The second kappa shape index (κ2) is 8.20. The van der Waals surface area contributed by atoms with Crippen molar-refractivity contribution in [3.05, 3.63) is 71.9 Å². The van der Waals surface area contributed by atoms with E-state index in [2.05, 4.69) is 9.72 Å². The average molecular weight is 325 g/mol. The summed E-state index contributed by atoms with van der Waals surface area (Å²) in [4.78, 5) is 15.3. The van der Waals surface area contributed by atoms with Crippen LogP contribution in [0.1, 0.15) is 17.4 Å². The van der Waals surface area contributed by atoms with E-state index in [1.165, 1.54) is 13.0 Å². The molecule has 0 aliphatic carbocycles. The molecule has 1 aromatic heterocycles. The first-order valence-corrected chi connectivity index (χ1v) is 7.16. The van der Waals surface area contributed by atoms with Crippen molar-refractivity contribution in [1.29, 1.82) is 0 Å². The number of hydrogen-bond acceptors (Lipinski definition) is 3. The van der Waals surface area contributed by atoms with E-state index in [9.17, 15) is 13.6 Å². The van der Waals surface area contributed by atoms with E-state index in [-0.39, 0.29) is 12.3 Å². The molecule has 3 rings (SSSR count). The lowest BCUT2D eigenvalue weighted by molar-refractivity contribution is 0.101. The number of nitrogens with zero attached hydrogens (tertiary/aromatic N) is 1. The quantitative estimate of drug-likeness (QED) is 0.541. The minimum Gasteiger partial charge on any atom is -0.498 e. The predicted molar refractivity (Wildman–Crippen MR) is 89.4 cm³/mol. The monoisotopic (exact) mass is 325 g/mol. The van der Waals surface area contributed by atoms with Gasteiger partial charge in [0.2, 0.25) is 0 Å². The molecule has 120 valence electrons. The van der Waals surface area contributed by atoms with Gasteiger partial charge in [0, 0.05) is 18.8 Å². The van der Waals surface area contributed by atoms with E-state index in [0.717, 1.165) is 23.0 Å². The number of carbonyl (C=O) groups is 1. The Morgan fingerprint density at radius 3 is 2.33 bits per heavy atom. The summed E-state index contributed by atoms with van der Waals surface area (Å²) in [6, 6.07) is 14.9. The number of benzene rings is 2. The highest BCUT2D eigenvalue weighted by molar-refractivity contribution is 6.08. The Morgan fingerprint density at radius 1 is 1.04 bits per heavy atom. The molecule has 3 nitrogen and oxygen atoms in total. The van der Waals surface area contributed by atoms with Gasteiger partial charge in [-0.2, -0.15) is 0 Å². The van der Waals surface area contributed by atoms with Crippen LogP contribution in [0.15, 0.2) is 54.6 Å². The van der Waals surface area contributed by atoms with Crippen molar-refractivity contribution in [2.75, 3.05) is 6.51 Å². The van der Waals surface area contributed by atoms with Gasteiger partial charge >= 0.3 is 0 Å². The number of hydrogen-bond donors (Lipinski definition) is 0. The molecule has 0 aliphatic heterocycles. The molecule has 0 N–H and O–H groups in total. The Balaban J connectivity index is 0.000000177. The van der Waals surface area contributed by atoms with Crippen molar-refractivity contribution < 1.29 is 18.3 Å². The summed E-state index contributed by atoms with van der Waals surface area (Å²) >= 11 is 0. The van der Waals surface area contributed by atoms with Crippen molar-refractivity contribution in [3.8, 4) is 5.75 Å². The fourth-order valence-corrected chi connectivity index (χ4v) is 1.97. The zero-order chi connectivity index (χ0) is 17.5. The molecule has 1 heterocycles. The first kappa shape index (κ1) is 17.6. The molecule has 2 radical (unpaired) electrons. The average Bonchev–Trinajstić information content (AvgIpc) is 2.58. The third-order valence-corrected chi connectivity index (χ3v) is 3.11. The van der Waals surface area contributed by atoms with Gasteiger partial charge in [-0.25, -0.2) is 13.8 Å². The zero-order valence-electron chi connectivity index (χ0n) is 13.0. The topological polar surface area (TPSA) is 39.2 Å². The summed E-state index contributed by atoms with van der Waals surface area (Å²) in [5.74, 6) is -1.90. The molecule has 0 saturated carbocycles. The fourth-order valence-electron chi connectivity index (χ4n) is 1.97. The number of Topliss-reactive ketones (excluding diaryl/α,β-unsaturated/α-hetero) is 1. The van der Waals surface area contributed by atoms with E-state index in [4.69, 9.17) is 7.85 Å². The Labute approximate surface area is 139 Å². The molecule has 0 unspecified atom stereocenters. The highest BCUT2D eigenvalue weighted by atomic mass is 19.1. The van der Waals surface area contributed by atoms with Crippen molar-refractivity contribution in [2.45, 2.75) is 6.92 Å². The third-order valence-electron chi connectivity index (χ3n) is 3.11. The van der Waals surface area contributed by atoms with Gasteiger partial charge in [0.25, 0.3) is 0 Å². The Morgan fingerprint density at radius 2 is 1.71 bits per heavy atom. The van der Waals surface area contributed by atoms with Crippen molar-refractivity contribution in [1.82, 2.24) is 4.98 Å². The number of halogens is 2. The molecule has 0 fully saturated rings. The normalized spacial score (nSPS) is 9.96. The van der Waals surface area contributed by atoms with Crippen molar-refractivity contribution in [3.63, 3.8) is 0 Å². The van der Waals surface area contributed by atoms with Crippen LogP contribution in [-0.4, -0.2) is 25.1 Å². The second-order valence-electron chi connectivity index (χ2n) is 4.81. The summed E-state index contributed by atoms with van der Waals surface area (Å²) in [5, 5.41) is 1.06. The number of carbonyl (C=O) groups excluding carboxylic acids is 1. The molecule has 6 heteroatoms.